The quantitative estimate of drug-likeness (QED) is 0.756. The van der Waals surface area contributed by atoms with Gasteiger partial charge in [-0.3, -0.25) is 0 Å². The van der Waals surface area contributed by atoms with Crippen molar-refractivity contribution in [2.75, 3.05) is 20.3 Å². The third-order valence-electron chi connectivity index (χ3n) is 1.75. The minimum atomic E-state index is -0.516. The summed E-state index contributed by atoms with van der Waals surface area (Å²) in [6.45, 7) is 0.161. The van der Waals surface area contributed by atoms with Gasteiger partial charge in [-0.2, -0.15) is 4.39 Å². The van der Waals surface area contributed by atoms with Crippen molar-refractivity contribution in [1.29, 1.82) is 0 Å². The number of aliphatic hydroxyl groups excluding tert-OH is 1. The SMILES string of the molecule is COc1cccc(OCC=CCO)c1F. The summed E-state index contributed by atoms with van der Waals surface area (Å²) < 4.78 is 23.4. The van der Waals surface area contributed by atoms with Gasteiger partial charge >= 0.3 is 0 Å². The van der Waals surface area contributed by atoms with E-state index in [-0.39, 0.29) is 24.7 Å². The summed E-state index contributed by atoms with van der Waals surface area (Å²) in [7, 11) is 1.40. The van der Waals surface area contributed by atoms with Crippen LogP contribution in [0.2, 0.25) is 0 Å². The predicted octanol–water partition coefficient (Wildman–Crippen LogP) is 1.76. The normalized spacial score (nSPS) is 10.6. The van der Waals surface area contributed by atoms with Crippen molar-refractivity contribution < 1.29 is 19.0 Å². The van der Waals surface area contributed by atoms with Crippen molar-refractivity contribution >= 4 is 0 Å². The summed E-state index contributed by atoms with van der Waals surface area (Å²) in [6, 6.07) is 4.68. The topological polar surface area (TPSA) is 38.7 Å². The lowest BCUT2D eigenvalue weighted by molar-refractivity contribution is 0.319. The lowest BCUT2D eigenvalue weighted by Gasteiger charge is -2.07. The van der Waals surface area contributed by atoms with Gasteiger partial charge in [0.2, 0.25) is 5.82 Å². The summed E-state index contributed by atoms with van der Waals surface area (Å²) in [5.41, 5.74) is 0. The van der Waals surface area contributed by atoms with E-state index in [4.69, 9.17) is 14.6 Å². The molecule has 0 radical (unpaired) electrons. The van der Waals surface area contributed by atoms with Crippen molar-refractivity contribution in [3.8, 4) is 11.5 Å². The van der Waals surface area contributed by atoms with Crippen molar-refractivity contribution in [1.82, 2.24) is 0 Å². The van der Waals surface area contributed by atoms with Gasteiger partial charge in [0.25, 0.3) is 0 Å². The first-order valence-corrected chi connectivity index (χ1v) is 4.50. The van der Waals surface area contributed by atoms with Crippen LogP contribution in [0.4, 0.5) is 4.39 Å². The highest BCUT2D eigenvalue weighted by Crippen LogP contribution is 2.25. The molecule has 0 aliphatic rings. The molecule has 1 aromatic rings. The van der Waals surface area contributed by atoms with Crippen LogP contribution in [-0.2, 0) is 0 Å². The standard InChI is InChI=1S/C11H13FO3/c1-14-9-5-4-6-10(11(9)12)15-8-3-2-7-13/h2-6,13H,7-8H2,1H3. The average molecular weight is 212 g/mol. The molecule has 3 nitrogen and oxygen atoms in total. The molecule has 1 aromatic carbocycles. The molecule has 15 heavy (non-hydrogen) atoms. The highest BCUT2D eigenvalue weighted by atomic mass is 19.1. The van der Waals surface area contributed by atoms with E-state index in [9.17, 15) is 4.39 Å². The van der Waals surface area contributed by atoms with E-state index < -0.39 is 5.82 Å². The van der Waals surface area contributed by atoms with Gasteiger partial charge in [0.05, 0.1) is 13.7 Å². The van der Waals surface area contributed by atoms with E-state index in [1.165, 1.54) is 25.3 Å². The van der Waals surface area contributed by atoms with Crippen LogP contribution in [0.1, 0.15) is 0 Å². The van der Waals surface area contributed by atoms with E-state index in [2.05, 4.69) is 0 Å². The first kappa shape index (κ1) is 11.5. The van der Waals surface area contributed by atoms with Gasteiger partial charge in [-0.25, -0.2) is 0 Å². The molecule has 0 atom stereocenters. The number of hydrogen-bond donors (Lipinski definition) is 1. The second-order valence-electron chi connectivity index (χ2n) is 2.74. The Hall–Kier alpha value is -1.55. The minimum Gasteiger partial charge on any atom is -0.494 e. The number of rotatable bonds is 5. The molecule has 0 aliphatic carbocycles. The van der Waals surface area contributed by atoms with E-state index in [0.29, 0.717) is 0 Å². The minimum absolute atomic E-state index is 0.0516. The number of hydrogen-bond acceptors (Lipinski definition) is 3. The van der Waals surface area contributed by atoms with E-state index >= 15 is 0 Å². The molecule has 0 saturated heterocycles. The molecule has 0 amide bonds. The van der Waals surface area contributed by atoms with Gasteiger partial charge in [-0.05, 0) is 18.2 Å². The molecule has 4 heteroatoms. The third-order valence-corrected chi connectivity index (χ3v) is 1.75. The van der Waals surface area contributed by atoms with Crippen LogP contribution in [0.3, 0.4) is 0 Å². The maximum absolute atomic E-state index is 13.5. The molecule has 0 spiro atoms. The van der Waals surface area contributed by atoms with Gasteiger partial charge in [0.1, 0.15) is 6.61 Å². The maximum atomic E-state index is 13.5. The molecular weight excluding hydrogens is 199 g/mol. The van der Waals surface area contributed by atoms with Gasteiger partial charge < -0.3 is 14.6 Å². The summed E-state index contributed by atoms with van der Waals surface area (Å²) in [5, 5.41) is 8.46. The predicted molar refractivity (Wildman–Crippen MR) is 54.7 cm³/mol. The largest absolute Gasteiger partial charge is 0.494 e. The van der Waals surface area contributed by atoms with Crippen LogP contribution >= 0.6 is 0 Å². The molecule has 0 fully saturated rings. The van der Waals surface area contributed by atoms with E-state index in [1.807, 2.05) is 0 Å². The summed E-state index contributed by atoms with van der Waals surface area (Å²) >= 11 is 0. The molecule has 0 aromatic heterocycles. The Morgan fingerprint density at radius 1 is 1.33 bits per heavy atom. The first-order chi connectivity index (χ1) is 7.29. The Morgan fingerprint density at radius 3 is 2.73 bits per heavy atom. The Bertz CT molecular complexity index is 337. The molecule has 0 aliphatic heterocycles. The Morgan fingerprint density at radius 2 is 2.07 bits per heavy atom. The van der Waals surface area contributed by atoms with Crippen molar-refractivity contribution in [3.05, 3.63) is 36.2 Å². The lowest BCUT2D eigenvalue weighted by atomic mass is 10.3. The lowest BCUT2D eigenvalue weighted by Crippen LogP contribution is -1.98. The fraction of sp³-hybridized carbons (Fsp3) is 0.273. The number of ether oxygens (including phenoxy) is 2. The smallest absolute Gasteiger partial charge is 0.206 e. The second-order valence-corrected chi connectivity index (χ2v) is 2.74. The summed E-state index contributed by atoms with van der Waals surface area (Å²) in [5.74, 6) is -0.229. The third kappa shape index (κ3) is 3.25. The number of aliphatic hydroxyl groups is 1. The first-order valence-electron chi connectivity index (χ1n) is 4.50. The molecule has 1 N–H and O–H groups in total. The molecule has 0 bridgehead atoms. The molecule has 82 valence electrons. The zero-order valence-corrected chi connectivity index (χ0v) is 8.44. The van der Waals surface area contributed by atoms with Gasteiger partial charge in [-0.1, -0.05) is 12.1 Å². The molecule has 0 heterocycles. The van der Waals surface area contributed by atoms with Gasteiger partial charge in [0, 0.05) is 0 Å². The van der Waals surface area contributed by atoms with Crippen LogP contribution in [-0.4, -0.2) is 25.4 Å². The monoisotopic (exact) mass is 212 g/mol. The van der Waals surface area contributed by atoms with Gasteiger partial charge in [0.15, 0.2) is 11.5 Å². The van der Waals surface area contributed by atoms with Crippen LogP contribution in [0.25, 0.3) is 0 Å². The molecule has 0 saturated carbocycles. The van der Waals surface area contributed by atoms with Crippen molar-refractivity contribution in [2.45, 2.75) is 0 Å². The maximum Gasteiger partial charge on any atom is 0.206 e. The average Bonchev–Trinajstić information content (AvgIpc) is 2.26. The molecular formula is C11H13FO3. The van der Waals surface area contributed by atoms with Gasteiger partial charge in [-0.15, -0.1) is 0 Å². The Labute approximate surface area is 87.8 Å². The van der Waals surface area contributed by atoms with Crippen molar-refractivity contribution in [3.63, 3.8) is 0 Å². The van der Waals surface area contributed by atoms with E-state index in [1.54, 1.807) is 12.1 Å². The number of halogens is 1. The van der Waals surface area contributed by atoms with Crippen LogP contribution < -0.4 is 9.47 Å². The molecule has 1 rings (SSSR count). The zero-order chi connectivity index (χ0) is 11.1. The number of methoxy groups -OCH3 is 1. The Kier molecular flexibility index (Phi) is 4.63. The molecule has 0 unspecified atom stereocenters. The van der Waals surface area contributed by atoms with Crippen LogP contribution in [0.5, 0.6) is 11.5 Å². The van der Waals surface area contributed by atoms with Crippen LogP contribution in [0.15, 0.2) is 30.4 Å². The van der Waals surface area contributed by atoms with Crippen molar-refractivity contribution in [2.24, 2.45) is 0 Å². The fourth-order valence-corrected chi connectivity index (χ4v) is 1.04. The van der Waals surface area contributed by atoms with E-state index in [0.717, 1.165) is 0 Å². The second kappa shape index (κ2) is 6.03. The number of benzene rings is 1. The fourth-order valence-electron chi connectivity index (χ4n) is 1.04. The Balaban J connectivity index is 2.64. The zero-order valence-electron chi connectivity index (χ0n) is 8.44. The van der Waals surface area contributed by atoms with Crippen LogP contribution in [0, 0.1) is 5.82 Å². The summed E-state index contributed by atoms with van der Waals surface area (Å²) in [6.07, 6.45) is 3.14. The summed E-state index contributed by atoms with van der Waals surface area (Å²) in [4.78, 5) is 0. The highest BCUT2D eigenvalue weighted by Gasteiger charge is 2.08. The highest BCUT2D eigenvalue weighted by molar-refractivity contribution is 5.35.